The number of hydrogen-bond donors (Lipinski definition) is 1. The third-order valence-corrected chi connectivity index (χ3v) is 3.84. The molecule has 7 nitrogen and oxygen atoms in total. The Bertz CT molecular complexity index is 692. The summed E-state index contributed by atoms with van der Waals surface area (Å²) in [6, 6.07) is 7.58. The van der Waals surface area contributed by atoms with Crippen LogP contribution in [0.5, 0.6) is 5.75 Å². The minimum Gasteiger partial charge on any atom is -0.492 e. The van der Waals surface area contributed by atoms with Crippen molar-refractivity contribution >= 4 is 12.0 Å². The van der Waals surface area contributed by atoms with Crippen molar-refractivity contribution < 1.29 is 13.9 Å². The second-order valence-corrected chi connectivity index (χ2v) is 5.56. The highest BCUT2D eigenvalue weighted by molar-refractivity contribution is 5.74. The summed E-state index contributed by atoms with van der Waals surface area (Å²) in [6.07, 6.45) is 3.42. The highest BCUT2D eigenvalue weighted by atomic mass is 19.1. The summed E-state index contributed by atoms with van der Waals surface area (Å²) in [6.45, 7) is 3.24. The molecule has 8 heteroatoms. The zero-order valence-corrected chi connectivity index (χ0v) is 13.8. The molecule has 0 unspecified atom stereocenters. The van der Waals surface area contributed by atoms with Crippen LogP contribution in [-0.2, 0) is 0 Å². The maximum Gasteiger partial charge on any atom is 0.317 e. The lowest BCUT2D eigenvalue weighted by Gasteiger charge is -2.34. The molecule has 3 rings (SSSR count). The number of halogens is 1. The molecule has 1 N–H and O–H groups in total. The van der Waals surface area contributed by atoms with Crippen molar-refractivity contribution in [2.24, 2.45) is 0 Å². The Morgan fingerprint density at radius 3 is 2.64 bits per heavy atom. The van der Waals surface area contributed by atoms with E-state index in [0.29, 0.717) is 44.4 Å². The first-order valence-corrected chi connectivity index (χ1v) is 8.15. The quantitative estimate of drug-likeness (QED) is 0.832. The first-order valence-electron chi connectivity index (χ1n) is 8.15. The summed E-state index contributed by atoms with van der Waals surface area (Å²) in [5.41, 5.74) is 0. The van der Waals surface area contributed by atoms with Crippen LogP contribution in [-0.4, -0.2) is 60.2 Å². The molecule has 0 radical (unpaired) electrons. The number of anilines is 1. The van der Waals surface area contributed by atoms with Crippen LogP contribution in [0.3, 0.4) is 0 Å². The Morgan fingerprint density at radius 2 is 1.92 bits per heavy atom. The van der Waals surface area contributed by atoms with Gasteiger partial charge in [0.2, 0.25) is 5.95 Å². The van der Waals surface area contributed by atoms with Gasteiger partial charge in [-0.15, -0.1) is 0 Å². The van der Waals surface area contributed by atoms with Crippen LogP contribution in [0.2, 0.25) is 0 Å². The lowest BCUT2D eigenvalue weighted by molar-refractivity contribution is 0.191. The van der Waals surface area contributed by atoms with Crippen molar-refractivity contribution in [2.75, 3.05) is 44.2 Å². The molecule has 0 spiro atoms. The van der Waals surface area contributed by atoms with E-state index in [1.807, 2.05) is 0 Å². The minimum absolute atomic E-state index is 0.128. The van der Waals surface area contributed by atoms with Gasteiger partial charge in [-0.2, -0.15) is 0 Å². The molecule has 25 heavy (non-hydrogen) atoms. The van der Waals surface area contributed by atoms with Crippen LogP contribution in [0.15, 0.2) is 42.7 Å². The molecule has 1 aliphatic rings. The second kappa shape index (κ2) is 8.27. The number of nitrogens with zero attached hydrogens (tertiary/aromatic N) is 4. The van der Waals surface area contributed by atoms with Crippen LogP contribution < -0.4 is 15.0 Å². The monoisotopic (exact) mass is 345 g/mol. The van der Waals surface area contributed by atoms with E-state index in [2.05, 4.69) is 20.2 Å². The third kappa shape index (κ3) is 4.79. The zero-order chi connectivity index (χ0) is 17.5. The first kappa shape index (κ1) is 16.9. The smallest absolute Gasteiger partial charge is 0.317 e. The molecule has 0 atom stereocenters. The number of urea groups is 1. The SMILES string of the molecule is O=C(NCCOc1cccc(F)c1)N1CCN(c2ncccn2)CC1. The molecule has 2 amide bonds. The minimum atomic E-state index is -0.346. The molecular formula is C17H20FN5O2. The summed E-state index contributed by atoms with van der Waals surface area (Å²) in [5, 5.41) is 2.81. The number of ether oxygens (including phenoxy) is 1. The van der Waals surface area contributed by atoms with Crippen molar-refractivity contribution in [2.45, 2.75) is 0 Å². The van der Waals surface area contributed by atoms with Crippen molar-refractivity contribution in [1.29, 1.82) is 0 Å². The molecule has 1 aromatic carbocycles. The fourth-order valence-electron chi connectivity index (χ4n) is 2.56. The van der Waals surface area contributed by atoms with Crippen molar-refractivity contribution in [3.63, 3.8) is 0 Å². The summed E-state index contributed by atoms with van der Waals surface area (Å²) in [7, 11) is 0. The van der Waals surface area contributed by atoms with Gasteiger partial charge < -0.3 is 19.9 Å². The fourth-order valence-corrected chi connectivity index (χ4v) is 2.56. The number of benzene rings is 1. The van der Waals surface area contributed by atoms with Crippen LogP contribution in [0.25, 0.3) is 0 Å². The molecule has 1 saturated heterocycles. The predicted molar refractivity (Wildman–Crippen MR) is 91.1 cm³/mol. The van der Waals surface area contributed by atoms with E-state index in [-0.39, 0.29) is 18.5 Å². The van der Waals surface area contributed by atoms with Crippen molar-refractivity contribution in [1.82, 2.24) is 20.2 Å². The third-order valence-electron chi connectivity index (χ3n) is 3.84. The summed E-state index contributed by atoms with van der Waals surface area (Å²) >= 11 is 0. The molecule has 2 aromatic rings. The largest absolute Gasteiger partial charge is 0.492 e. The van der Waals surface area contributed by atoms with Gasteiger partial charge in [-0.25, -0.2) is 19.2 Å². The summed E-state index contributed by atoms with van der Waals surface area (Å²) in [5.74, 6) is 0.790. The highest BCUT2D eigenvalue weighted by Crippen LogP contribution is 2.12. The number of rotatable bonds is 5. The molecular weight excluding hydrogens is 325 g/mol. The molecule has 2 heterocycles. The average molecular weight is 345 g/mol. The van der Waals surface area contributed by atoms with Crippen molar-refractivity contribution in [3.05, 3.63) is 48.5 Å². The van der Waals surface area contributed by atoms with E-state index in [1.165, 1.54) is 12.1 Å². The second-order valence-electron chi connectivity index (χ2n) is 5.56. The lowest BCUT2D eigenvalue weighted by Crippen LogP contribution is -2.52. The maximum absolute atomic E-state index is 13.0. The topological polar surface area (TPSA) is 70.6 Å². The van der Waals surface area contributed by atoms with Gasteiger partial charge in [0.05, 0.1) is 6.54 Å². The summed E-state index contributed by atoms with van der Waals surface area (Å²) in [4.78, 5) is 24.4. The number of carbonyl (C=O) groups is 1. The summed E-state index contributed by atoms with van der Waals surface area (Å²) < 4.78 is 18.4. The van der Waals surface area contributed by atoms with E-state index in [4.69, 9.17) is 4.74 Å². The molecule has 1 aromatic heterocycles. The number of hydrogen-bond acceptors (Lipinski definition) is 5. The molecule has 0 bridgehead atoms. The molecule has 0 aliphatic carbocycles. The number of aromatic nitrogens is 2. The van der Waals surface area contributed by atoms with E-state index < -0.39 is 0 Å². The zero-order valence-electron chi connectivity index (χ0n) is 13.8. The van der Waals surface area contributed by atoms with Gasteiger partial charge in [0, 0.05) is 44.6 Å². The van der Waals surface area contributed by atoms with E-state index in [0.717, 1.165) is 0 Å². The van der Waals surface area contributed by atoms with Gasteiger partial charge in [-0.05, 0) is 18.2 Å². The Kier molecular flexibility index (Phi) is 5.61. The van der Waals surface area contributed by atoms with Gasteiger partial charge in [-0.3, -0.25) is 0 Å². The fraction of sp³-hybridized carbons (Fsp3) is 0.353. The number of amides is 2. The van der Waals surface area contributed by atoms with E-state index in [1.54, 1.807) is 35.5 Å². The van der Waals surface area contributed by atoms with Gasteiger partial charge in [0.15, 0.2) is 0 Å². The van der Waals surface area contributed by atoms with Gasteiger partial charge in [0.25, 0.3) is 0 Å². The van der Waals surface area contributed by atoms with Gasteiger partial charge in [0.1, 0.15) is 18.2 Å². The Balaban J connectivity index is 1.37. The average Bonchev–Trinajstić information content (AvgIpc) is 2.66. The first-order chi connectivity index (χ1) is 12.2. The van der Waals surface area contributed by atoms with Crippen LogP contribution in [0, 0.1) is 5.82 Å². The maximum atomic E-state index is 13.0. The van der Waals surface area contributed by atoms with Gasteiger partial charge in [-0.1, -0.05) is 6.07 Å². The van der Waals surface area contributed by atoms with Crippen LogP contribution >= 0.6 is 0 Å². The van der Waals surface area contributed by atoms with Gasteiger partial charge >= 0.3 is 6.03 Å². The Morgan fingerprint density at radius 1 is 1.16 bits per heavy atom. The Hall–Kier alpha value is -2.90. The van der Waals surface area contributed by atoms with Crippen molar-refractivity contribution in [3.8, 4) is 5.75 Å². The van der Waals surface area contributed by atoms with E-state index in [9.17, 15) is 9.18 Å². The number of carbonyl (C=O) groups excluding carboxylic acids is 1. The molecule has 1 aliphatic heterocycles. The standard InChI is InChI=1S/C17H20FN5O2/c18-14-3-1-4-15(13-14)25-12-7-21-17(24)23-10-8-22(9-11-23)16-19-5-2-6-20-16/h1-6,13H,7-12H2,(H,21,24). The number of nitrogens with one attached hydrogen (secondary N) is 1. The van der Waals surface area contributed by atoms with Crippen LogP contribution in [0.4, 0.5) is 15.1 Å². The highest BCUT2D eigenvalue weighted by Gasteiger charge is 2.22. The Labute approximate surface area is 145 Å². The van der Waals surface area contributed by atoms with Crippen LogP contribution in [0.1, 0.15) is 0 Å². The molecule has 1 fully saturated rings. The number of piperazine rings is 1. The molecule has 0 saturated carbocycles. The molecule has 132 valence electrons. The lowest BCUT2D eigenvalue weighted by atomic mass is 10.3. The normalized spacial score (nSPS) is 14.3. The predicted octanol–water partition coefficient (Wildman–Crippen LogP) is 1.53. The van der Waals surface area contributed by atoms with E-state index >= 15 is 0 Å².